The van der Waals surface area contributed by atoms with Crippen LogP contribution in [-0.4, -0.2) is 16.5 Å². The van der Waals surface area contributed by atoms with Crippen molar-refractivity contribution in [3.05, 3.63) is 28.8 Å². The molecule has 0 amide bonds. The zero-order valence-corrected chi connectivity index (χ0v) is 10.6. The summed E-state index contributed by atoms with van der Waals surface area (Å²) >= 11 is 5.70. The van der Waals surface area contributed by atoms with Crippen molar-refractivity contribution in [2.75, 3.05) is 6.54 Å². The summed E-state index contributed by atoms with van der Waals surface area (Å²) in [5.74, 6) is 0.836. The van der Waals surface area contributed by atoms with Crippen molar-refractivity contribution in [2.24, 2.45) is 5.92 Å². The van der Waals surface area contributed by atoms with Crippen molar-refractivity contribution in [3.63, 3.8) is 0 Å². The van der Waals surface area contributed by atoms with Crippen molar-refractivity contribution < 1.29 is 4.39 Å². The molecule has 1 aromatic heterocycles. The zero-order chi connectivity index (χ0) is 12.4. The van der Waals surface area contributed by atoms with E-state index in [1.807, 2.05) is 0 Å². The summed E-state index contributed by atoms with van der Waals surface area (Å²) in [6.45, 7) is 5.76. The van der Waals surface area contributed by atoms with Crippen LogP contribution in [0.3, 0.4) is 0 Å². The van der Waals surface area contributed by atoms with Crippen LogP contribution in [0.25, 0.3) is 11.0 Å². The minimum absolute atomic E-state index is 0.102. The van der Waals surface area contributed by atoms with Gasteiger partial charge in [-0.1, -0.05) is 25.4 Å². The Morgan fingerprint density at radius 3 is 2.94 bits per heavy atom. The number of hydrogen-bond donors (Lipinski definition) is 2. The molecule has 0 saturated carbocycles. The van der Waals surface area contributed by atoms with Gasteiger partial charge in [0.15, 0.2) is 5.82 Å². The number of imidazole rings is 1. The highest BCUT2D eigenvalue weighted by atomic mass is 35.5. The summed E-state index contributed by atoms with van der Waals surface area (Å²) in [5.41, 5.74) is 0.979. The van der Waals surface area contributed by atoms with Crippen LogP contribution in [0.5, 0.6) is 0 Å². The lowest BCUT2D eigenvalue weighted by Crippen LogP contribution is -2.19. The van der Waals surface area contributed by atoms with Crippen molar-refractivity contribution in [1.29, 1.82) is 0 Å². The minimum atomic E-state index is -0.462. The SMILES string of the molecule is CC(C)CNCc1nc2c(F)c(Cl)ccc2[nH]1. The molecule has 3 nitrogen and oxygen atoms in total. The fourth-order valence-corrected chi connectivity index (χ4v) is 1.78. The first-order chi connectivity index (χ1) is 8.08. The van der Waals surface area contributed by atoms with Gasteiger partial charge in [0, 0.05) is 0 Å². The van der Waals surface area contributed by atoms with E-state index in [1.54, 1.807) is 6.07 Å². The number of halogens is 2. The molecular formula is C12H15ClFN3. The third kappa shape index (κ3) is 2.76. The molecule has 0 aliphatic carbocycles. The second-order valence-electron chi connectivity index (χ2n) is 4.47. The molecule has 0 radical (unpaired) electrons. The summed E-state index contributed by atoms with van der Waals surface area (Å²) in [7, 11) is 0. The molecular weight excluding hydrogens is 241 g/mol. The van der Waals surface area contributed by atoms with Crippen LogP contribution in [0, 0.1) is 11.7 Å². The van der Waals surface area contributed by atoms with Crippen molar-refractivity contribution in [1.82, 2.24) is 15.3 Å². The van der Waals surface area contributed by atoms with E-state index in [-0.39, 0.29) is 5.02 Å². The van der Waals surface area contributed by atoms with Gasteiger partial charge in [-0.2, -0.15) is 0 Å². The standard InChI is InChI=1S/C12H15ClFN3/c1-7(2)5-15-6-10-16-9-4-3-8(13)11(14)12(9)17-10/h3-4,7,15H,5-6H2,1-2H3,(H,16,17). The molecule has 5 heteroatoms. The average Bonchev–Trinajstić information content (AvgIpc) is 2.67. The van der Waals surface area contributed by atoms with Gasteiger partial charge in [-0.3, -0.25) is 0 Å². The van der Waals surface area contributed by atoms with Gasteiger partial charge in [0.05, 0.1) is 17.1 Å². The predicted octanol–water partition coefficient (Wildman–Crippen LogP) is 3.10. The summed E-state index contributed by atoms with van der Waals surface area (Å²) < 4.78 is 13.6. The van der Waals surface area contributed by atoms with Gasteiger partial charge >= 0.3 is 0 Å². The van der Waals surface area contributed by atoms with E-state index in [2.05, 4.69) is 29.1 Å². The number of rotatable bonds is 4. The topological polar surface area (TPSA) is 40.7 Å². The van der Waals surface area contributed by atoms with E-state index >= 15 is 0 Å². The fraction of sp³-hybridized carbons (Fsp3) is 0.417. The number of hydrogen-bond acceptors (Lipinski definition) is 2. The smallest absolute Gasteiger partial charge is 0.169 e. The number of H-pyrrole nitrogens is 1. The number of aromatic amines is 1. The van der Waals surface area contributed by atoms with Gasteiger partial charge in [-0.25, -0.2) is 9.37 Å². The van der Waals surface area contributed by atoms with Crippen LogP contribution in [0.1, 0.15) is 19.7 Å². The van der Waals surface area contributed by atoms with E-state index < -0.39 is 5.82 Å². The predicted molar refractivity (Wildman–Crippen MR) is 67.6 cm³/mol. The Hall–Kier alpha value is -1.13. The van der Waals surface area contributed by atoms with Crippen LogP contribution < -0.4 is 5.32 Å². The first kappa shape index (κ1) is 12.3. The van der Waals surface area contributed by atoms with Gasteiger partial charge in [0.25, 0.3) is 0 Å². The minimum Gasteiger partial charge on any atom is -0.341 e. The summed E-state index contributed by atoms with van der Waals surface area (Å²) in [5, 5.41) is 3.35. The molecule has 2 rings (SSSR count). The molecule has 0 fully saturated rings. The van der Waals surface area contributed by atoms with Gasteiger partial charge in [-0.15, -0.1) is 0 Å². The molecule has 0 bridgehead atoms. The van der Waals surface area contributed by atoms with E-state index in [9.17, 15) is 4.39 Å². The summed E-state index contributed by atoms with van der Waals surface area (Å²) in [6.07, 6.45) is 0. The summed E-state index contributed by atoms with van der Waals surface area (Å²) in [6, 6.07) is 3.27. The lowest BCUT2D eigenvalue weighted by atomic mass is 10.2. The molecule has 92 valence electrons. The third-order valence-corrected chi connectivity index (χ3v) is 2.73. The van der Waals surface area contributed by atoms with Gasteiger partial charge in [0.1, 0.15) is 11.3 Å². The maximum Gasteiger partial charge on any atom is 0.169 e. The molecule has 1 aromatic carbocycles. The Labute approximate surface area is 104 Å². The Balaban J connectivity index is 2.17. The van der Waals surface area contributed by atoms with Gasteiger partial charge in [0.2, 0.25) is 0 Å². The highest BCUT2D eigenvalue weighted by Crippen LogP contribution is 2.22. The number of nitrogens with zero attached hydrogens (tertiary/aromatic N) is 1. The molecule has 0 saturated heterocycles. The van der Waals surface area contributed by atoms with Crippen LogP contribution in [0.15, 0.2) is 12.1 Å². The van der Waals surface area contributed by atoms with Crippen LogP contribution in [-0.2, 0) is 6.54 Å². The van der Waals surface area contributed by atoms with Crippen molar-refractivity contribution >= 4 is 22.6 Å². The molecule has 2 N–H and O–H groups in total. The zero-order valence-electron chi connectivity index (χ0n) is 9.85. The highest BCUT2D eigenvalue weighted by Gasteiger charge is 2.10. The van der Waals surface area contributed by atoms with Gasteiger partial charge < -0.3 is 10.3 Å². The normalized spacial score (nSPS) is 11.6. The Kier molecular flexibility index (Phi) is 3.64. The van der Waals surface area contributed by atoms with Crippen LogP contribution >= 0.6 is 11.6 Å². The lowest BCUT2D eigenvalue weighted by molar-refractivity contribution is 0.545. The second-order valence-corrected chi connectivity index (χ2v) is 4.87. The first-order valence-electron chi connectivity index (χ1n) is 5.61. The molecule has 2 aromatic rings. The van der Waals surface area contributed by atoms with Crippen LogP contribution in [0.4, 0.5) is 4.39 Å². The van der Waals surface area contributed by atoms with E-state index in [0.717, 1.165) is 12.4 Å². The fourth-order valence-electron chi connectivity index (χ4n) is 1.63. The molecule has 0 aliphatic heterocycles. The van der Waals surface area contributed by atoms with E-state index in [4.69, 9.17) is 11.6 Å². The average molecular weight is 256 g/mol. The third-order valence-electron chi connectivity index (χ3n) is 2.44. The molecule has 0 aliphatic rings. The molecule has 1 heterocycles. The quantitative estimate of drug-likeness (QED) is 0.881. The van der Waals surface area contributed by atoms with Crippen molar-refractivity contribution in [2.45, 2.75) is 20.4 Å². The lowest BCUT2D eigenvalue weighted by Gasteiger charge is -2.04. The monoisotopic (exact) mass is 255 g/mol. The highest BCUT2D eigenvalue weighted by molar-refractivity contribution is 6.31. The van der Waals surface area contributed by atoms with Gasteiger partial charge in [-0.05, 0) is 24.6 Å². The largest absolute Gasteiger partial charge is 0.341 e. The number of aromatic nitrogens is 2. The number of fused-ring (bicyclic) bond motifs is 1. The first-order valence-corrected chi connectivity index (χ1v) is 5.99. The summed E-state index contributed by atoms with van der Waals surface area (Å²) in [4.78, 5) is 7.26. The van der Waals surface area contributed by atoms with Crippen molar-refractivity contribution in [3.8, 4) is 0 Å². The maximum atomic E-state index is 13.6. The Morgan fingerprint density at radius 2 is 2.24 bits per heavy atom. The van der Waals surface area contributed by atoms with E-state index in [0.29, 0.717) is 23.5 Å². The number of nitrogens with one attached hydrogen (secondary N) is 2. The Morgan fingerprint density at radius 1 is 1.47 bits per heavy atom. The molecule has 0 spiro atoms. The maximum absolute atomic E-state index is 13.6. The Bertz CT molecular complexity index is 522. The number of benzene rings is 1. The van der Waals surface area contributed by atoms with Crippen LogP contribution in [0.2, 0.25) is 5.02 Å². The second kappa shape index (κ2) is 5.02. The molecule has 17 heavy (non-hydrogen) atoms. The molecule has 0 unspecified atom stereocenters. The molecule has 0 atom stereocenters. The van der Waals surface area contributed by atoms with E-state index in [1.165, 1.54) is 6.07 Å².